The molecule has 1 aliphatic carbocycles. The van der Waals surface area contributed by atoms with Crippen molar-refractivity contribution in [2.45, 2.75) is 116 Å². The van der Waals surface area contributed by atoms with Gasteiger partial charge in [-0.2, -0.15) is 0 Å². The molecule has 0 heterocycles. The van der Waals surface area contributed by atoms with Crippen LogP contribution in [0.2, 0.25) is 0 Å². The lowest BCUT2D eigenvalue weighted by Gasteiger charge is -2.24. The Bertz CT molecular complexity index is 169. The summed E-state index contributed by atoms with van der Waals surface area (Å²) in [5.41, 5.74) is 0. The maximum Gasteiger partial charge on any atom is -0.0241 e. The fraction of sp³-hybridized carbons (Fsp3) is 0.947. The summed E-state index contributed by atoms with van der Waals surface area (Å²) in [6, 6.07) is 0. The molecule has 0 nitrogen and oxygen atoms in total. The van der Waals surface area contributed by atoms with Crippen molar-refractivity contribution in [2.75, 3.05) is 0 Å². The second kappa shape index (κ2) is 13.0. The Morgan fingerprint density at radius 3 is 1.37 bits per heavy atom. The number of unbranched alkanes of at least 4 members (excludes halogenated alkanes) is 12. The maximum absolute atomic E-state index is 2.30. The minimum Gasteiger partial charge on any atom is -0.0654 e. The van der Waals surface area contributed by atoms with E-state index in [1.165, 1.54) is 109 Å². The average Bonchev–Trinajstić information content (AvgIpc) is 2.37. The predicted molar refractivity (Wildman–Crippen MR) is 87.4 cm³/mol. The van der Waals surface area contributed by atoms with Crippen LogP contribution in [0, 0.1) is 5.92 Å². The molecule has 0 bridgehead atoms. The van der Waals surface area contributed by atoms with Crippen molar-refractivity contribution in [3.05, 3.63) is 5.92 Å². The Kier molecular flexibility index (Phi) is 11.7. The summed E-state index contributed by atoms with van der Waals surface area (Å²) in [6.45, 7) is 2.30. The lowest BCUT2D eigenvalue weighted by atomic mass is 9.81. The molecule has 0 saturated heterocycles. The summed E-state index contributed by atoms with van der Waals surface area (Å²) >= 11 is 0. The van der Waals surface area contributed by atoms with Crippen LogP contribution in [0.5, 0.6) is 0 Å². The van der Waals surface area contributed by atoms with E-state index < -0.39 is 0 Å². The SMILES string of the molecule is CCCCCCCCCCCCCCC[C]1CCC1. The first-order valence-electron chi connectivity index (χ1n) is 9.27. The van der Waals surface area contributed by atoms with E-state index in [2.05, 4.69) is 6.92 Å². The predicted octanol–water partition coefficient (Wildman–Crippen LogP) is 7.23. The van der Waals surface area contributed by atoms with Crippen molar-refractivity contribution in [3.63, 3.8) is 0 Å². The molecule has 1 rings (SSSR count). The van der Waals surface area contributed by atoms with Gasteiger partial charge in [0.1, 0.15) is 0 Å². The van der Waals surface area contributed by atoms with Crippen LogP contribution in [0.1, 0.15) is 116 Å². The molecule has 0 N–H and O–H groups in total. The fourth-order valence-corrected chi connectivity index (χ4v) is 3.07. The van der Waals surface area contributed by atoms with E-state index in [0.29, 0.717) is 0 Å². The first kappa shape index (κ1) is 17.1. The molecule has 0 aliphatic heterocycles. The highest BCUT2D eigenvalue weighted by molar-refractivity contribution is 4.97. The van der Waals surface area contributed by atoms with Crippen LogP contribution in [-0.4, -0.2) is 0 Å². The Labute approximate surface area is 122 Å². The van der Waals surface area contributed by atoms with E-state index in [0.717, 1.165) is 0 Å². The van der Waals surface area contributed by atoms with E-state index >= 15 is 0 Å². The fourth-order valence-electron chi connectivity index (χ4n) is 3.07. The minimum absolute atomic E-state index is 1.37. The van der Waals surface area contributed by atoms with Gasteiger partial charge in [-0.3, -0.25) is 0 Å². The number of hydrogen-bond acceptors (Lipinski definition) is 0. The summed E-state index contributed by atoms with van der Waals surface area (Å²) in [4.78, 5) is 0. The van der Waals surface area contributed by atoms with Gasteiger partial charge in [0.15, 0.2) is 0 Å². The first-order valence-corrected chi connectivity index (χ1v) is 9.27. The Hall–Kier alpha value is 0. The third kappa shape index (κ3) is 10.4. The second-order valence-electron chi connectivity index (χ2n) is 6.60. The van der Waals surface area contributed by atoms with Crippen molar-refractivity contribution in [3.8, 4) is 0 Å². The molecule has 113 valence electrons. The van der Waals surface area contributed by atoms with Crippen LogP contribution in [0.3, 0.4) is 0 Å². The lowest BCUT2D eigenvalue weighted by Crippen LogP contribution is -2.07. The van der Waals surface area contributed by atoms with E-state index in [9.17, 15) is 0 Å². The largest absolute Gasteiger partial charge is 0.0654 e. The van der Waals surface area contributed by atoms with E-state index in [-0.39, 0.29) is 0 Å². The molecule has 0 aromatic carbocycles. The molecule has 0 amide bonds. The Balaban J connectivity index is 1.62. The third-order valence-electron chi connectivity index (χ3n) is 4.69. The highest BCUT2D eigenvalue weighted by Crippen LogP contribution is 2.33. The van der Waals surface area contributed by atoms with Crippen molar-refractivity contribution in [2.24, 2.45) is 0 Å². The topological polar surface area (TPSA) is 0 Å². The van der Waals surface area contributed by atoms with Crippen LogP contribution in [-0.2, 0) is 0 Å². The van der Waals surface area contributed by atoms with Gasteiger partial charge >= 0.3 is 0 Å². The van der Waals surface area contributed by atoms with Crippen LogP contribution in [0.15, 0.2) is 0 Å². The smallest absolute Gasteiger partial charge is 0.0241 e. The van der Waals surface area contributed by atoms with Crippen LogP contribution in [0.4, 0.5) is 0 Å². The van der Waals surface area contributed by atoms with E-state index in [1.807, 2.05) is 5.92 Å². The summed E-state index contributed by atoms with van der Waals surface area (Å²) in [6.07, 6.45) is 25.0. The van der Waals surface area contributed by atoms with Gasteiger partial charge in [-0.15, -0.1) is 0 Å². The highest BCUT2D eigenvalue weighted by Gasteiger charge is 2.16. The standard InChI is InChI=1S/C19H37/c1-2-3-4-5-6-7-8-9-10-11-12-13-14-16-19-17-15-18-19/h2-18H2,1H3. The van der Waals surface area contributed by atoms with Gasteiger partial charge in [0.2, 0.25) is 0 Å². The van der Waals surface area contributed by atoms with Gasteiger partial charge in [0.05, 0.1) is 0 Å². The summed E-state index contributed by atoms with van der Waals surface area (Å²) in [5, 5.41) is 0. The van der Waals surface area contributed by atoms with Gasteiger partial charge in [-0.1, -0.05) is 96.8 Å². The molecule has 1 radical (unpaired) electrons. The van der Waals surface area contributed by atoms with Gasteiger partial charge in [0, 0.05) is 0 Å². The van der Waals surface area contributed by atoms with Crippen LogP contribution in [0.25, 0.3) is 0 Å². The summed E-state index contributed by atoms with van der Waals surface area (Å²) < 4.78 is 0. The molecule has 1 saturated carbocycles. The van der Waals surface area contributed by atoms with Crippen LogP contribution < -0.4 is 0 Å². The summed E-state index contributed by atoms with van der Waals surface area (Å²) in [5.74, 6) is 1.86. The molecule has 0 aromatic heterocycles. The Morgan fingerprint density at radius 2 is 1.00 bits per heavy atom. The number of hydrogen-bond donors (Lipinski definition) is 0. The molecular weight excluding hydrogens is 228 g/mol. The molecule has 0 unspecified atom stereocenters. The van der Waals surface area contributed by atoms with Gasteiger partial charge < -0.3 is 0 Å². The van der Waals surface area contributed by atoms with Gasteiger partial charge in [0.25, 0.3) is 0 Å². The maximum atomic E-state index is 2.30. The minimum atomic E-state index is 1.37. The van der Waals surface area contributed by atoms with Gasteiger partial charge in [-0.25, -0.2) is 0 Å². The second-order valence-corrected chi connectivity index (χ2v) is 6.60. The first-order chi connectivity index (χ1) is 9.43. The van der Waals surface area contributed by atoms with E-state index in [4.69, 9.17) is 0 Å². The third-order valence-corrected chi connectivity index (χ3v) is 4.69. The molecule has 0 spiro atoms. The van der Waals surface area contributed by atoms with Crippen molar-refractivity contribution in [1.29, 1.82) is 0 Å². The van der Waals surface area contributed by atoms with Crippen LogP contribution >= 0.6 is 0 Å². The average molecular weight is 266 g/mol. The van der Waals surface area contributed by atoms with Gasteiger partial charge in [-0.05, 0) is 25.2 Å². The molecule has 0 heteroatoms. The summed E-state index contributed by atoms with van der Waals surface area (Å²) in [7, 11) is 0. The molecule has 19 heavy (non-hydrogen) atoms. The molecule has 1 aliphatic rings. The molecule has 1 fully saturated rings. The molecule has 0 atom stereocenters. The zero-order valence-electron chi connectivity index (χ0n) is 13.5. The van der Waals surface area contributed by atoms with Crippen molar-refractivity contribution < 1.29 is 0 Å². The van der Waals surface area contributed by atoms with E-state index in [1.54, 1.807) is 0 Å². The number of rotatable bonds is 14. The zero-order chi connectivity index (χ0) is 13.6. The monoisotopic (exact) mass is 265 g/mol. The quantitative estimate of drug-likeness (QED) is 0.291. The molecule has 0 aromatic rings. The normalized spacial score (nSPS) is 15.6. The van der Waals surface area contributed by atoms with Crippen molar-refractivity contribution in [1.82, 2.24) is 0 Å². The molecular formula is C19H37. The zero-order valence-corrected chi connectivity index (χ0v) is 13.5. The lowest BCUT2D eigenvalue weighted by molar-refractivity contribution is 0.477. The Morgan fingerprint density at radius 1 is 0.579 bits per heavy atom. The highest BCUT2D eigenvalue weighted by atomic mass is 14.2. The van der Waals surface area contributed by atoms with Crippen molar-refractivity contribution >= 4 is 0 Å².